The molecule has 0 bridgehead atoms. The number of aromatic nitrogens is 5. The Hall–Kier alpha value is -3.70. The summed E-state index contributed by atoms with van der Waals surface area (Å²) in [7, 11) is 0. The van der Waals surface area contributed by atoms with Crippen LogP contribution in [-0.4, -0.2) is 44.1 Å². The van der Waals surface area contributed by atoms with Crippen molar-refractivity contribution < 1.29 is 13.2 Å². The molecule has 8 nitrogen and oxygen atoms in total. The highest BCUT2D eigenvalue weighted by atomic mass is 19.2. The van der Waals surface area contributed by atoms with E-state index in [2.05, 4.69) is 30.9 Å². The topological polar surface area (TPSA) is 101 Å². The van der Waals surface area contributed by atoms with Crippen molar-refractivity contribution >= 4 is 22.5 Å². The molecule has 0 unspecified atom stereocenters. The van der Waals surface area contributed by atoms with Crippen LogP contribution >= 0.6 is 0 Å². The van der Waals surface area contributed by atoms with Gasteiger partial charge in [0, 0.05) is 42.0 Å². The first kappa shape index (κ1) is 23.7. The molecule has 190 valence electrons. The maximum absolute atomic E-state index is 14.1. The third kappa shape index (κ3) is 5.09. The number of fused-ring (bicyclic) bond motifs is 1. The van der Waals surface area contributed by atoms with Crippen LogP contribution in [-0.2, 0) is 6.54 Å². The molecule has 4 aromatic rings. The van der Waals surface area contributed by atoms with Crippen LogP contribution in [0.4, 0.5) is 24.8 Å². The van der Waals surface area contributed by atoms with Crippen molar-refractivity contribution in [2.75, 3.05) is 18.4 Å². The zero-order valence-corrected chi connectivity index (χ0v) is 19.9. The predicted octanol–water partition coefficient (Wildman–Crippen LogP) is 4.36. The van der Waals surface area contributed by atoms with Gasteiger partial charge in [0.25, 0.3) is 0 Å². The summed E-state index contributed by atoms with van der Waals surface area (Å²) in [5.74, 6) is -3.28. The Morgan fingerprint density at radius 2 is 1.81 bits per heavy atom. The lowest BCUT2D eigenvalue weighted by atomic mass is 10.0. The van der Waals surface area contributed by atoms with E-state index in [1.807, 2.05) is 6.20 Å². The minimum atomic E-state index is -1.34. The van der Waals surface area contributed by atoms with Gasteiger partial charge in [0.15, 0.2) is 17.5 Å². The van der Waals surface area contributed by atoms with Crippen LogP contribution in [0.15, 0.2) is 36.8 Å². The molecule has 1 saturated carbocycles. The normalized spacial score (nSPS) is 16.3. The highest BCUT2D eigenvalue weighted by Gasteiger charge is 2.28. The van der Waals surface area contributed by atoms with Crippen LogP contribution in [0.3, 0.4) is 0 Å². The maximum Gasteiger partial charge on any atom is 0.217 e. The predicted molar refractivity (Wildman–Crippen MR) is 133 cm³/mol. The van der Waals surface area contributed by atoms with E-state index in [1.165, 1.54) is 11.8 Å². The van der Waals surface area contributed by atoms with Gasteiger partial charge in [0.2, 0.25) is 11.8 Å². The number of halogens is 3. The Morgan fingerprint density at radius 1 is 0.973 bits per heavy atom. The first-order valence-electron chi connectivity index (χ1n) is 12.4. The van der Waals surface area contributed by atoms with Gasteiger partial charge in [-0.2, -0.15) is 13.8 Å². The van der Waals surface area contributed by atoms with Gasteiger partial charge in [0.1, 0.15) is 5.82 Å². The van der Waals surface area contributed by atoms with Crippen LogP contribution in [0.2, 0.25) is 0 Å². The second-order valence-corrected chi connectivity index (χ2v) is 9.44. The van der Waals surface area contributed by atoms with Gasteiger partial charge in [-0.05, 0) is 62.4 Å². The summed E-state index contributed by atoms with van der Waals surface area (Å²) in [6, 6.07) is 4.11. The van der Waals surface area contributed by atoms with Crippen molar-refractivity contribution in [1.29, 1.82) is 0 Å². The van der Waals surface area contributed by atoms with E-state index in [4.69, 9.17) is 9.97 Å². The number of hydrogen-bond donors (Lipinski definition) is 3. The minimum absolute atomic E-state index is 0.150. The average Bonchev–Trinajstić information content (AvgIpc) is 3.76. The lowest BCUT2D eigenvalue weighted by Crippen LogP contribution is -2.39. The molecular formula is C26H25F3N8. The summed E-state index contributed by atoms with van der Waals surface area (Å²) in [5.41, 5.74) is 3.44. The molecule has 0 amide bonds. The second kappa shape index (κ2) is 9.98. The van der Waals surface area contributed by atoms with Crippen molar-refractivity contribution in [2.24, 2.45) is 0 Å². The summed E-state index contributed by atoms with van der Waals surface area (Å²) in [6.45, 7) is 2.57. The van der Waals surface area contributed by atoms with E-state index in [9.17, 15) is 13.2 Å². The first-order valence-corrected chi connectivity index (χ1v) is 12.4. The Kier molecular flexibility index (Phi) is 6.39. The van der Waals surface area contributed by atoms with E-state index in [-0.39, 0.29) is 5.82 Å². The van der Waals surface area contributed by atoms with E-state index < -0.39 is 23.4 Å². The van der Waals surface area contributed by atoms with E-state index in [0.717, 1.165) is 55.4 Å². The van der Waals surface area contributed by atoms with Crippen LogP contribution in [0.1, 0.15) is 42.9 Å². The molecule has 0 atom stereocenters. The number of nitrogens with one attached hydrogen (secondary N) is 3. The summed E-state index contributed by atoms with van der Waals surface area (Å²) >= 11 is 0. The molecule has 2 fully saturated rings. The molecule has 11 heteroatoms. The molecule has 0 radical (unpaired) electrons. The summed E-state index contributed by atoms with van der Waals surface area (Å²) < 4.78 is 41.3. The molecule has 2 aliphatic rings. The van der Waals surface area contributed by atoms with E-state index in [0.29, 0.717) is 36.0 Å². The molecule has 37 heavy (non-hydrogen) atoms. The quantitative estimate of drug-likeness (QED) is 0.318. The molecule has 1 aliphatic carbocycles. The third-order valence-corrected chi connectivity index (χ3v) is 6.77. The van der Waals surface area contributed by atoms with Gasteiger partial charge in [-0.3, -0.25) is 4.98 Å². The molecule has 3 N–H and O–H groups in total. The molecule has 6 rings (SSSR count). The summed E-state index contributed by atoms with van der Waals surface area (Å²) in [4.78, 5) is 21.7. The number of rotatable bonds is 7. The van der Waals surface area contributed by atoms with Crippen LogP contribution < -0.4 is 16.0 Å². The van der Waals surface area contributed by atoms with Gasteiger partial charge in [-0.25, -0.2) is 19.3 Å². The Labute approximate surface area is 211 Å². The van der Waals surface area contributed by atoms with Gasteiger partial charge < -0.3 is 16.0 Å². The van der Waals surface area contributed by atoms with Crippen molar-refractivity contribution in [1.82, 2.24) is 35.6 Å². The third-order valence-electron chi connectivity index (χ3n) is 6.77. The Morgan fingerprint density at radius 3 is 2.62 bits per heavy atom. The van der Waals surface area contributed by atoms with Crippen molar-refractivity contribution in [3.05, 3.63) is 65.6 Å². The Bertz CT molecular complexity index is 1450. The molecule has 1 aliphatic heterocycles. The largest absolute Gasteiger partial charge is 0.322 e. The number of hydrogen-bond acceptors (Lipinski definition) is 8. The van der Waals surface area contributed by atoms with Crippen LogP contribution in [0.25, 0.3) is 22.3 Å². The monoisotopic (exact) mass is 506 g/mol. The van der Waals surface area contributed by atoms with Crippen molar-refractivity contribution in [3.8, 4) is 11.4 Å². The van der Waals surface area contributed by atoms with Gasteiger partial charge in [-0.1, -0.05) is 0 Å². The van der Waals surface area contributed by atoms with E-state index >= 15 is 0 Å². The lowest BCUT2D eigenvalue weighted by Gasteiger charge is -2.24. The zero-order valence-electron chi connectivity index (χ0n) is 19.9. The molecule has 4 aromatic heterocycles. The minimum Gasteiger partial charge on any atom is -0.322 e. The smallest absolute Gasteiger partial charge is 0.217 e. The van der Waals surface area contributed by atoms with Gasteiger partial charge in [0.05, 0.1) is 17.4 Å². The molecular weight excluding hydrogens is 481 g/mol. The van der Waals surface area contributed by atoms with Crippen molar-refractivity contribution in [2.45, 2.75) is 44.2 Å². The number of piperidine rings is 1. The molecule has 5 heterocycles. The van der Waals surface area contributed by atoms with Gasteiger partial charge >= 0.3 is 0 Å². The molecule has 0 aromatic carbocycles. The van der Waals surface area contributed by atoms with Gasteiger partial charge in [-0.15, -0.1) is 0 Å². The fourth-order valence-electron chi connectivity index (χ4n) is 4.73. The SMILES string of the molecule is Fc1cc(F)c(F)c(Nc2cc(-c3nc(CNC4CCNCC4)c4c(C5CC5)cncc4n3)ccn2)n1. The van der Waals surface area contributed by atoms with Crippen LogP contribution in [0.5, 0.6) is 0 Å². The first-order chi connectivity index (χ1) is 18.0. The lowest BCUT2D eigenvalue weighted by molar-refractivity contribution is 0.385. The summed E-state index contributed by atoms with van der Waals surface area (Å²) in [6.07, 6.45) is 9.53. The fraction of sp³-hybridized carbons (Fsp3) is 0.346. The number of nitrogens with zero attached hydrogens (tertiary/aromatic N) is 5. The zero-order chi connectivity index (χ0) is 25.4. The Balaban J connectivity index is 1.36. The fourth-order valence-corrected chi connectivity index (χ4v) is 4.73. The maximum atomic E-state index is 14.1. The number of anilines is 2. The molecule has 0 spiro atoms. The van der Waals surface area contributed by atoms with E-state index in [1.54, 1.807) is 18.3 Å². The van der Waals surface area contributed by atoms with Crippen molar-refractivity contribution in [3.63, 3.8) is 0 Å². The standard InChI is InChI=1S/C26H25F3N8/c27-18-10-21(28)36-26(24(18)29)37-22-9-15(3-8-32-22)25-34-19-12-31-11-17(14-1-2-14)23(19)20(35-25)13-33-16-4-6-30-7-5-16/h3,8-12,14,16,30,33H,1-2,4-7,13H2,(H,32,36,37). The molecule has 1 saturated heterocycles. The highest BCUT2D eigenvalue weighted by molar-refractivity contribution is 5.86. The summed E-state index contributed by atoms with van der Waals surface area (Å²) in [5, 5.41) is 10.6. The van der Waals surface area contributed by atoms with Crippen LogP contribution in [0, 0.1) is 17.6 Å². The number of pyridine rings is 3. The second-order valence-electron chi connectivity index (χ2n) is 9.44. The average molecular weight is 507 g/mol. The highest BCUT2D eigenvalue weighted by Crippen LogP contribution is 2.43.